The van der Waals surface area contributed by atoms with Gasteiger partial charge in [-0.05, 0) is 5.39 Å². The second-order valence-electron chi connectivity index (χ2n) is 4.58. The summed E-state index contributed by atoms with van der Waals surface area (Å²) < 4.78 is 0. The van der Waals surface area contributed by atoms with Crippen molar-refractivity contribution in [3.05, 3.63) is 54.2 Å². The third-order valence-electron chi connectivity index (χ3n) is 3.27. The van der Waals surface area contributed by atoms with Gasteiger partial charge < -0.3 is 15.6 Å². The van der Waals surface area contributed by atoms with Crippen LogP contribution in [-0.2, 0) is 6.54 Å². The summed E-state index contributed by atoms with van der Waals surface area (Å²) in [7, 11) is 1.81. The molecule has 0 saturated carbocycles. The largest absolute Gasteiger partial charge is 0.373 e. The molecule has 0 saturated heterocycles. The molecule has 0 radical (unpaired) electrons. The van der Waals surface area contributed by atoms with Crippen molar-refractivity contribution in [3.63, 3.8) is 0 Å². The number of hydrogen-bond donors (Lipinski definition) is 3. The van der Waals surface area contributed by atoms with Crippen molar-refractivity contribution in [2.45, 2.75) is 6.54 Å². The molecule has 0 bridgehead atoms. The first kappa shape index (κ1) is 13.1. The highest BCUT2D eigenvalue weighted by atomic mass is 16.1. The van der Waals surface area contributed by atoms with E-state index in [9.17, 15) is 4.79 Å². The number of H-pyrrole nitrogens is 1. The van der Waals surface area contributed by atoms with Crippen LogP contribution in [0.25, 0.3) is 10.8 Å². The molecule has 1 amide bonds. The molecule has 106 valence electrons. The molecule has 2 heterocycles. The quantitative estimate of drug-likeness (QED) is 0.682. The molecule has 0 fully saturated rings. The number of benzene rings is 1. The lowest BCUT2D eigenvalue weighted by molar-refractivity contribution is 0.0952. The number of aromatic nitrogens is 3. The molecule has 6 heteroatoms. The fourth-order valence-corrected chi connectivity index (χ4v) is 2.22. The van der Waals surface area contributed by atoms with Crippen molar-refractivity contribution < 1.29 is 4.79 Å². The maximum absolute atomic E-state index is 12.3. The highest BCUT2D eigenvalue weighted by Gasteiger charge is 2.12. The van der Waals surface area contributed by atoms with Crippen molar-refractivity contribution in [1.82, 2.24) is 20.3 Å². The summed E-state index contributed by atoms with van der Waals surface area (Å²) in [5, 5.41) is 7.69. The number of nitrogens with zero attached hydrogens (tertiary/aromatic N) is 2. The van der Waals surface area contributed by atoms with E-state index < -0.39 is 0 Å². The third kappa shape index (κ3) is 2.55. The predicted octanol–water partition coefficient (Wildman–Crippen LogP) is 1.93. The van der Waals surface area contributed by atoms with Crippen LogP contribution in [0.5, 0.6) is 0 Å². The van der Waals surface area contributed by atoms with Gasteiger partial charge >= 0.3 is 0 Å². The van der Waals surface area contributed by atoms with E-state index in [1.807, 2.05) is 31.3 Å². The number of imidazole rings is 1. The number of carbonyl (C=O) groups is 1. The molecule has 3 N–H and O–H groups in total. The number of anilines is 1. The summed E-state index contributed by atoms with van der Waals surface area (Å²) in [5.41, 5.74) is 1.41. The van der Waals surface area contributed by atoms with Crippen LogP contribution in [0, 0.1) is 0 Å². The van der Waals surface area contributed by atoms with Gasteiger partial charge in [0.15, 0.2) is 0 Å². The van der Waals surface area contributed by atoms with Gasteiger partial charge in [0.05, 0.1) is 24.1 Å². The van der Waals surface area contributed by atoms with Crippen LogP contribution in [0.2, 0.25) is 0 Å². The zero-order chi connectivity index (χ0) is 14.7. The van der Waals surface area contributed by atoms with Crippen molar-refractivity contribution in [3.8, 4) is 0 Å². The number of fused-ring (bicyclic) bond motifs is 1. The van der Waals surface area contributed by atoms with Crippen LogP contribution in [-0.4, -0.2) is 27.9 Å². The van der Waals surface area contributed by atoms with Crippen LogP contribution in [0.4, 0.5) is 5.82 Å². The molecule has 21 heavy (non-hydrogen) atoms. The second kappa shape index (κ2) is 5.62. The SMILES string of the molecule is CNc1ncc(C(=O)NCc2cnc[nH]2)c2ccccc12. The van der Waals surface area contributed by atoms with Crippen molar-refractivity contribution >= 4 is 22.5 Å². The van der Waals surface area contributed by atoms with Gasteiger partial charge in [-0.3, -0.25) is 4.79 Å². The van der Waals surface area contributed by atoms with Gasteiger partial charge in [0.2, 0.25) is 0 Å². The molecular formula is C15H15N5O. The van der Waals surface area contributed by atoms with Gasteiger partial charge in [0, 0.05) is 24.8 Å². The Morgan fingerprint density at radius 2 is 2.05 bits per heavy atom. The van der Waals surface area contributed by atoms with Crippen molar-refractivity contribution in [2.24, 2.45) is 0 Å². The lowest BCUT2D eigenvalue weighted by Crippen LogP contribution is -2.23. The third-order valence-corrected chi connectivity index (χ3v) is 3.27. The van der Waals surface area contributed by atoms with Crippen LogP contribution in [0.3, 0.4) is 0 Å². The van der Waals surface area contributed by atoms with E-state index in [4.69, 9.17) is 0 Å². The van der Waals surface area contributed by atoms with Gasteiger partial charge in [0.25, 0.3) is 5.91 Å². The summed E-state index contributed by atoms with van der Waals surface area (Å²) in [6, 6.07) is 7.70. The van der Waals surface area contributed by atoms with E-state index in [1.165, 1.54) is 0 Å². The molecule has 3 aromatic rings. The molecule has 0 aliphatic heterocycles. The Bertz CT molecular complexity index is 767. The average molecular weight is 281 g/mol. The van der Waals surface area contributed by atoms with Gasteiger partial charge in [-0.15, -0.1) is 0 Å². The minimum absolute atomic E-state index is 0.157. The number of nitrogens with one attached hydrogen (secondary N) is 3. The van der Waals surface area contributed by atoms with Crippen LogP contribution in [0.15, 0.2) is 43.0 Å². The molecule has 2 aromatic heterocycles. The van der Waals surface area contributed by atoms with Gasteiger partial charge in [-0.2, -0.15) is 0 Å². The Balaban J connectivity index is 1.91. The molecule has 1 aromatic carbocycles. The molecule has 0 aliphatic rings. The van der Waals surface area contributed by atoms with Crippen LogP contribution in [0.1, 0.15) is 16.1 Å². The standard InChI is InChI=1S/C15H15N5O/c1-16-14-12-5-3-2-4-11(12)13(8-18-14)15(21)19-7-10-6-17-9-20-10/h2-6,8-9H,7H2,1H3,(H,16,18)(H,17,20)(H,19,21). The minimum atomic E-state index is -0.157. The average Bonchev–Trinajstić information content (AvgIpc) is 3.05. The molecule has 3 rings (SSSR count). The maximum atomic E-state index is 12.3. The van der Waals surface area contributed by atoms with Crippen LogP contribution >= 0.6 is 0 Å². The Hall–Kier alpha value is -2.89. The van der Waals surface area contributed by atoms with E-state index in [0.29, 0.717) is 12.1 Å². The van der Waals surface area contributed by atoms with E-state index in [1.54, 1.807) is 18.7 Å². The second-order valence-corrected chi connectivity index (χ2v) is 4.58. The smallest absolute Gasteiger partial charge is 0.253 e. The molecule has 0 unspecified atom stereocenters. The molecule has 0 aliphatic carbocycles. The van der Waals surface area contributed by atoms with Crippen molar-refractivity contribution in [1.29, 1.82) is 0 Å². The van der Waals surface area contributed by atoms with Gasteiger partial charge in [-0.1, -0.05) is 24.3 Å². The summed E-state index contributed by atoms with van der Waals surface area (Å²) in [6.45, 7) is 0.404. The number of hydrogen-bond acceptors (Lipinski definition) is 4. The normalized spacial score (nSPS) is 10.5. The number of rotatable bonds is 4. The first-order valence-corrected chi connectivity index (χ1v) is 6.60. The highest BCUT2D eigenvalue weighted by Crippen LogP contribution is 2.23. The first-order valence-electron chi connectivity index (χ1n) is 6.60. The lowest BCUT2D eigenvalue weighted by atomic mass is 10.1. The minimum Gasteiger partial charge on any atom is -0.373 e. The highest BCUT2D eigenvalue weighted by molar-refractivity contribution is 6.09. The number of carbonyl (C=O) groups excluding carboxylic acids is 1. The zero-order valence-corrected chi connectivity index (χ0v) is 11.6. The summed E-state index contributed by atoms with van der Waals surface area (Å²) >= 11 is 0. The molecule has 6 nitrogen and oxygen atoms in total. The number of pyridine rings is 1. The summed E-state index contributed by atoms with van der Waals surface area (Å²) in [6.07, 6.45) is 4.86. The zero-order valence-electron chi connectivity index (χ0n) is 11.6. The monoisotopic (exact) mass is 281 g/mol. The topological polar surface area (TPSA) is 82.7 Å². The Morgan fingerprint density at radius 1 is 1.24 bits per heavy atom. The van der Waals surface area contributed by atoms with E-state index in [0.717, 1.165) is 22.3 Å². The van der Waals surface area contributed by atoms with Crippen LogP contribution < -0.4 is 10.6 Å². The molecular weight excluding hydrogens is 266 g/mol. The van der Waals surface area contributed by atoms with E-state index in [2.05, 4.69) is 25.6 Å². The number of amides is 1. The Kier molecular flexibility index (Phi) is 3.51. The fourth-order valence-electron chi connectivity index (χ4n) is 2.22. The van der Waals surface area contributed by atoms with E-state index >= 15 is 0 Å². The summed E-state index contributed by atoms with van der Waals surface area (Å²) in [5.74, 6) is 0.603. The Labute approximate surface area is 121 Å². The van der Waals surface area contributed by atoms with Gasteiger partial charge in [-0.25, -0.2) is 9.97 Å². The predicted molar refractivity (Wildman–Crippen MR) is 81.0 cm³/mol. The van der Waals surface area contributed by atoms with Gasteiger partial charge in [0.1, 0.15) is 5.82 Å². The number of aromatic amines is 1. The molecule has 0 atom stereocenters. The Morgan fingerprint density at radius 3 is 2.76 bits per heavy atom. The lowest BCUT2D eigenvalue weighted by Gasteiger charge is -2.10. The first-order chi connectivity index (χ1) is 10.3. The fraction of sp³-hybridized carbons (Fsp3) is 0.133. The maximum Gasteiger partial charge on any atom is 0.253 e. The van der Waals surface area contributed by atoms with Crippen molar-refractivity contribution in [2.75, 3.05) is 12.4 Å². The van der Waals surface area contributed by atoms with E-state index in [-0.39, 0.29) is 5.91 Å². The molecule has 0 spiro atoms. The summed E-state index contributed by atoms with van der Waals surface area (Å²) in [4.78, 5) is 23.5.